The normalized spacial score (nSPS) is 24.4. The van der Waals surface area contributed by atoms with E-state index in [4.69, 9.17) is 30.5 Å². The number of carbonyl (C=O) groups is 2. The summed E-state index contributed by atoms with van der Waals surface area (Å²) in [5.41, 5.74) is -0.412. The first-order valence-corrected chi connectivity index (χ1v) is 14.1. The van der Waals surface area contributed by atoms with Crippen molar-refractivity contribution < 1.29 is 38.7 Å². The number of amides is 1. The predicted molar refractivity (Wildman–Crippen MR) is 152 cm³/mol. The molecule has 1 amide bonds. The van der Waals surface area contributed by atoms with Crippen LogP contribution in [0, 0.1) is 0 Å². The third kappa shape index (κ3) is 7.56. The average Bonchev–Trinajstić information content (AvgIpc) is 3.76. The summed E-state index contributed by atoms with van der Waals surface area (Å²) >= 11 is 6.46. The smallest absolute Gasteiger partial charge is 0.341 e. The lowest BCUT2D eigenvalue weighted by Gasteiger charge is -2.45. The van der Waals surface area contributed by atoms with Crippen molar-refractivity contribution in [2.24, 2.45) is 0 Å². The van der Waals surface area contributed by atoms with Crippen LogP contribution in [-0.2, 0) is 23.7 Å². The summed E-state index contributed by atoms with van der Waals surface area (Å²) in [7, 11) is 1.54. The Bertz CT molecular complexity index is 1310. The van der Waals surface area contributed by atoms with E-state index >= 15 is 0 Å². The number of aromatic nitrogens is 1. The number of fused-ring (bicyclic) bond motifs is 1. The fourth-order valence-corrected chi connectivity index (χ4v) is 5.35. The van der Waals surface area contributed by atoms with Crippen LogP contribution in [0.3, 0.4) is 0 Å². The monoisotopic (exact) mass is 595 g/mol. The van der Waals surface area contributed by atoms with E-state index in [1.165, 1.54) is 6.20 Å². The van der Waals surface area contributed by atoms with E-state index in [1.54, 1.807) is 26.2 Å². The highest BCUT2D eigenvalue weighted by molar-refractivity contribution is 6.34. The Balaban J connectivity index is 1.17. The first kappa shape index (κ1) is 31.2. The zero-order valence-corrected chi connectivity index (χ0v) is 24.2. The van der Waals surface area contributed by atoms with Gasteiger partial charge in [-0.2, -0.15) is 0 Å². The van der Waals surface area contributed by atoms with Gasteiger partial charge in [-0.25, -0.2) is 4.79 Å². The number of aromatic carboxylic acids is 1. The van der Waals surface area contributed by atoms with Crippen molar-refractivity contribution in [1.29, 1.82) is 0 Å². The quantitative estimate of drug-likeness (QED) is 0.239. The Morgan fingerprint density at radius 1 is 1.20 bits per heavy atom. The fourth-order valence-electron chi connectivity index (χ4n) is 5.13. The molecule has 13 heteroatoms. The predicted octanol–water partition coefficient (Wildman–Crippen LogP) is 2.54. The maximum absolute atomic E-state index is 12.8. The molecule has 1 aromatic heterocycles. The first-order chi connectivity index (χ1) is 19.5. The summed E-state index contributed by atoms with van der Waals surface area (Å²) in [6, 6.07) is 3.05. The average molecular weight is 596 g/mol. The minimum atomic E-state index is -1.25. The van der Waals surface area contributed by atoms with Gasteiger partial charge in [0.15, 0.2) is 6.29 Å². The summed E-state index contributed by atoms with van der Waals surface area (Å²) in [5.74, 6) is -1.46. The molecule has 2 aromatic rings. The van der Waals surface area contributed by atoms with Crippen molar-refractivity contribution in [3.05, 3.63) is 39.1 Å². The second-order valence-electron chi connectivity index (χ2n) is 10.6. The molecule has 1 saturated carbocycles. The lowest BCUT2D eigenvalue weighted by atomic mass is 9.86. The maximum atomic E-state index is 12.8. The third-order valence-corrected chi connectivity index (χ3v) is 7.87. The number of aliphatic hydroxyl groups excluding tert-OH is 1. The van der Waals surface area contributed by atoms with E-state index in [0.717, 1.165) is 12.8 Å². The summed E-state index contributed by atoms with van der Waals surface area (Å²) in [6.45, 7) is 5.17. The van der Waals surface area contributed by atoms with Crippen molar-refractivity contribution in [2.45, 2.75) is 69.6 Å². The molecule has 41 heavy (non-hydrogen) atoms. The number of carboxylic acids is 1. The number of hydrogen-bond donors (Lipinski definition) is 4. The van der Waals surface area contributed by atoms with Crippen LogP contribution < -0.4 is 16.1 Å². The highest BCUT2D eigenvalue weighted by atomic mass is 35.5. The molecule has 12 nitrogen and oxygen atoms in total. The van der Waals surface area contributed by atoms with Gasteiger partial charge in [-0.3, -0.25) is 9.59 Å². The molecule has 1 aliphatic carbocycles. The van der Waals surface area contributed by atoms with Crippen LogP contribution in [0.2, 0.25) is 5.02 Å². The Labute approximate surface area is 242 Å². The molecule has 1 unspecified atom stereocenters. The van der Waals surface area contributed by atoms with Gasteiger partial charge in [-0.1, -0.05) is 11.6 Å². The first-order valence-electron chi connectivity index (χ1n) is 13.7. The van der Waals surface area contributed by atoms with Crippen LogP contribution in [0.25, 0.3) is 10.9 Å². The van der Waals surface area contributed by atoms with E-state index in [2.05, 4.69) is 10.6 Å². The molecule has 2 fully saturated rings. The van der Waals surface area contributed by atoms with Crippen LogP contribution in [-0.4, -0.2) is 90.8 Å². The van der Waals surface area contributed by atoms with Crippen LogP contribution in [0.15, 0.2) is 23.1 Å². The zero-order chi connectivity index (χ0) is 29.7. The maximum Gasteiger partial charge on any atom is 0.341 e. The molecule has 226 valence electrons. The number of hydrogen-bond acceptors (Lipinski definition) is 9. The van der Waals surface area contributed by atoms with Gasteiger partial charge in [0.2, 0.25) is 11.3 Å². The van der Waals surface area contributed by atoms with Crippen molar-refractivity contribution in [1.82, 2.24) is 9.88 Å². The summed E-state index contributed by atoms with van der Waals surface area (Å²) in [5, 5.41) is 26.1. The zero-order valence-electron chi connectivity index (χ0n) is 23.5. The lowest BCUT2D eigenvalue weighted by molar-refractivity contribution is -0.230. The van der Waals surface area contributed by atoms with E-state index in [-0.39, 0.29) is 37.0 Å². The summed E-state index contributed by atoms with van der Waals surface area (Å²) in [6.07, 6.45) is 2.31. The third-order valence-electron chi connectivity index (χ3n) is 7.56. The SMILES string of the molecule is COC1(C)C[C@H](O)O[C@@H](C)[C@H]1NC(=O)CCOCCOCCNc1cc2c(=O)c(C(=O)O)cn(C3CC3)c2cc1Cl. The molecule has 4 atom stereocenters. The number of carboxylic acid groups (broad SMARTS) is 1. The Morgan fingerprint density at radius 2 is 1.90 bits per heavy atom. The minimum Gasteiger partial charge on any atom is -0.477 e. The Morgan fingerprint density at radius 3 is 2.56 bits per heavy atom. The number of ether oxygens (including phenoxy) is 4. The molecular weight excluding hydrogens is 558 g/mol. The standard InChI is InChI=1S/C28H38ClN3O9/c1-16-26(28(2,38-3)14-24(34)41-16)31-23(33)6-8-39-10-11-40-9-7-30-21-12-18-22(13-20(21)29)32(17-4-5-17)15-19(25(18)35)27(36)37/h12-13,15-17,24,26,30,34H,4-11,14H2,1-3H3,(H,31,33)(H,36,37)/t16-,24+,26+,28?/m0/s1. The molecule has 1 aromatic carbocycles. The van der Waals surface area contributed by atoms with Gasteiger partial charge in [-0.05, 0) is 38.8 Å². The van der Waals surface area contributed by atoms with Crippen LogP contribution in [0.5, 0.6) is 0 Å². The lowest BCUT2D eigenvalue weighted by Crippen LogP contribution is -2.63. The molecule has 0 radical (unpaired) electrons. The van der Waals surface area contributed by atoms with E-state index in [0.29, 0.717) is 48.0 Å². The molecule has 2 aliphatic rings. The number of pyridine rings is 1. The topological polar surface area (TPSA) is 158 Å². The summed E-state index contributed by atoms with van der Waals surface area (Å²) < 4.78 is 23.9. The Hall–Kier alpha value is -2.74. The van der Waals surface area contributed by atoms with E-state index in [1.807, 2.05) is 11.5 Å². The molecule has 1 saturated heterocycles. The molecule has 0 spiro atoms. The van der Waals surface area contributed by atoms with Gasteiger partial charge in [-0.15, -0.1) is 0 Å². The van der Waals surface area contributed by atoms with Crippen molar-refractivity contribution in [2.75, 3.05) is 45.4 Å². The van der Waals surface area contributed by atoms with E-state index < -0.39 is 35.4 Å². The number of methoxy groups -OCH3 is 1. The number of aliphatic hydroxyl groups is 1. The van der Waals surface area contributed by atoms with Crippen molar-refractivity contribution in [3.8, 4) is 0 Å². The van der Waals surface area contributed by atoms with Gasteiger partial charge in [0.1, 0.15) is 5.56 Å². The second-order valence-corrected chi connectivity index (χ2v) is 11.0. The number of nitrogens with one attached hydrogen (secondary N) is 2. The van der Waals surface area contributed by atoms with Crippen molar-refractivity contribution in [3.63, 3.8) is 0 Å². The van der Waals surface area contributed by atoms with Gasteiger partial charge in [0.05, 0.1) is 60.4 Å². The fraction of sp³-hybridized carbons (Fsp3) is 0.607. The number of rotatable bonds is 14. The molecular formula is C28H38ClN3O9. The molecule has 4 N–H and O–H groups in total. The highest BCUT2D eigenvalue weighted by Crippen LogP contribution is 2.38. The largest absolute Gasteiger partial charge is 0.477 e. The van der Waals surface area contributed by atoms with Crippen LogP contribution in [0.4, 0.5) is 5.69 Å². The van der Waals surface area contributed by atoms with Crippen LogP contribution in [0.1, 0.15) is 55.9 Å². The number of benzene rings is 1. The second kappa shape index (κ2) is 13.5. The molecule has 4 rings (SSSR count). The molecule has 0 bridgehead atoms. The number of carbonyl (C=O) groups excluding carboxylic acids is 1. The Kier molecular flexibility index (Phi) is 10.3. The van der Waals surface area contributed by atoms with Gasteiger partial charge in [0.25, 0.3) is 0 Å². The van der Waals surface area contributed by atoms with Crippen LogP contribution >= 0.6 is 11.6 Å². The van der Waals surface area contributed by atoms with E-state index in [9.17, 15) is 24.6 Å². The number of anilines is 1. The summed E-state index contributed by atoms with van der Waals surface area (Å²) in [4.78, 5) is 36.8. The van der Waals surface area contributed by atoms with Gasteiger partial charge >= 0.3 is 5.97 Å². The molecule has 1 aliphatic heterocycles. The van der Waals surface area contributed by atoms with Crippen molar-refractivity contribution >= 4 is 40.1 Å². The minimum absolute atomic E-state index is 0.152. The highest BCUT2D eigenvalue weighted by Gasteiger charge is 2.46. The number of halogens is 1. The van der Waals surface area contributed by atoms with Gasteiger partial charge < -0.3 is 44.4 Å². The van der Waals surface area contributed by atoms with Gasteiger partial charge in [0, 0.05) is 44.1 Å². The molecule has 2 heterocycles. The number of nitrogens with zero attached hydrogens (tertiary/aromatic N) is 1.